The molecule has 3 rings (SSSR count). The molecule has 0 atom stereocenters. The summed E-state index contributed by atoms with van der Waals surface area (Å²) in [6.45, 7) is 5.68. The van der Waals surface area contributed by atoms with Crippen molar-refractivity contribution in [1.29, 1.82) is 0 Å². The van der Waals surface area contributed by atoms with Crippen LogP contribution in [0.2, 0.25) is 0 Å². The first kappa shape index (κ1) is 25.5. The summed E-state index contributed by atoms with van der Waals surface area (Å²) in [5, 5.41) is 11.2. The molecule has 0 saturated carbocycles. The molecular weight excluding hydrogens is 448 g/mol. The molecule has 10 nitrogen and oxygen atoms in total. The van der Waals surface area contributed by atoms with E-state index in [2.05, 4.69) is 9.97 Å². The lowest BCUT2D eigenvalue weighted by atomic mass is 9.78. The second-order valence-electron chi connectivity index (χ2n) is 9.31. The molecule has 2 aromatic heterocycles. The molecular formula is C25H32N6O4. The first-order chi connectivity index (χ1) is 16.5. The van der Waals surface area contributed by atoms with E-state index in [0.717, 1.165) is 0 Å². The Labute approximate surface area is 204 Å². The number of hydrogen-bond acceptors (Lipinski definition) is 6. The van der Waals surface area contributed by atoms with Gasteiger partial charge >= 0.3 is 12.1 Å². The van der Waals surface area contributed by atoms with E-state index >= 15 is 0 Å². The van der Waals surface area contributed by atoms with Gasteiger partial charge in [-0.05, 0) is 41.3 Å². The number of ether oxygens (including phenoxy) is 1. The van der Waals surface area contributed by atoms with Gasteiger partial charge < -0.3 is 21.3 Å². The van der Waals surface area contributed by atoms with Gasteiger partial charge in [0, 0.05) is 12.4 Å². The number of carbonyl (C=O) groups is 2. The van der Waals surface area contributed by atoms with E-state index in [0.29, 0.717) is 17.0 Å². The third kappa shape index (κ3) is 5.21. The van der Waals surface area contributed by atoms with Crippen LogP contribution in [-0.4, -0.2) is 49.7 Å². The number of urea groups is 2. The molecule has 4 amide bonds. The topological polar surface area (TPSA) is 148 Å². The molecule has 0 saturated heterocycles. The Hall–Kier alpha value is -4.08. The number of rotatable bonds is 7. The Bertz CT molecular complexity index is 1070. The smallest absolute Gasteiger partial charge is 0.317 e. The molecule has 35 heavy (non-hydrogen) atoms. The summed E-state index contributed by atoms with van der Waals surface area (Å²) in [6.07, 6.45) is 4.63. The first-order valence-electron chi connectivity index (χ1n) is 11.1. The van der Waals surface area contributed by atoms with Gasteiger partial charge in [0.2, 0.25) is 0 Å². The van der Waals surface area contributed by atoms with Gasteiger partial charge in [0.15, 0.2) is 5.66 Å². The third-order valence-electron chi connectivity index (χ3n) is 5.94. The molecule has 1 aliphatic rings. The number of pyridine rings is 2. The number of primary amides is 2. The molecule has 0 aromatic carbocycles. The fourth-order valence-electron chi connectivity index (χ4n) is 4.31. The van der Waals surface area contributed by atoms with E-state index in [1.807, 2.05) is 20.8 Å². The Morgan fingerprint density at radius 3 is 1.83 bits per heavy atom. The standard InChI is InChI=1S/C25H32N6O4/c1-24(2,3)19-13-21(35-4)25(14-20(19)32,30(22(26)33)15-17-9-5-7-11-28-17)31(23(27)34)16-18-10-6-8-12-29-18/h5-13,32H,14-16H2,1-4H3,(H2,26,33)(H2,27,34). The molecule has 2 aromatic rings. The van der Waals surface area contributed by atoms with Crippen LogP contribution in [0, 0.1) is 5.41 Å². The molecule has 10 heteroatoms. The van der Waals surface area contributed by atoms with Crippen LogP contribution in [-0.2, 0) is 17.8 Å². The SMILES string of the molecule is COC1=CC(C(C)(C)C)=C(O)CC1(N(Cc1ccccn1)C(N)=O)N(Cc1ccccn1)C(N)=O. The Morgan fingerprint density at radius 2 is 1.49 bits per heavy atom. The summed E-state index contributed by atoms with van der Waals surface area (Å²) in [6, 6.07) is 8.80. The van der Waals surface area contributed by atoms with Crippen LogP contribution in [0.1, 0.15) is 38.6 Å². The van der Waals surface area contributed by atoms with Gasteiger partial charge in [0.1, 0.15) is 11.5 Å². The van der Waals surface area contributed by atoms with Crippen LogP contribution >= 0.6 is 0 Å². The van der Waals surface area contributed by atoms with E-state index in [4.69, 9.17) is 16.2 Å². The summed E-state index contributed by atoms with van der Waals surface area (Å²) in [5.41, 5.74) is 11.3. The minimum atomic E-state index is -1.68. The van der Waals surface area contributed by atoms with Crippen molar-refractivity contribution >= 4 is 12.1 Å². The van der Waals surface area contributed by atoms with Crippen molar-refractivity contribution in [2.24, 2.45) is 16.9 Å². The fraction of sp³-hybridized carbons (Fsp3) is 0.360. The minimum Gasteiger partial charge on any atom is -0.512 e. The number of carbonyl (C=O) groups excluding carboxylic acids is 2. The lowest BCUT2D eigenvalue weighted by molar-refractivity contribution is -0.0303. The molecule has 0 aliphatic heterocycles. The van der Waals surface area contributed by atoms with E-state index in [9.17, 15) is 14.7 Å². The lowest BCUT2D eigenvalue weighted by Gasteiger charge is -2.51. The quantitative estimate of drug-likeness (QED) is 0.517. The Morgan fingerprint density at radius 1 is 1.00 bits per heavy atom. The highest BCUT2D eigenvalue weighted by atomic mass is 16.5. The minimum absolute atomic E-state index is 0.0159. The van der Waals surface area contributed by atoms with Gasteiger partial charge in [0.25, 0.3) is 0 Å². The van der Waals surface area contributed by atoms with Crippen molar-refractivity contribution in [2.75, 3.05) is 7.11 Å². The molecule has 0 bridgehead atoms. The second kappa shape index (κ2) is 10.0. The third-order valence-corrected chi connectivity index (χ3v) is 5.94. The van der Waals surface area contributed by atoms with Crippen LogP contribution in [0.15, 0.2) is 72.0 Å². The summed E-state index contributed by atoms with van der Waals surface area (Å²) < 4.78 is 5.79. The van der Waals surface area contributed by atoms with Gasteiger partial charge in [0.05, 0.1) is 38.0 Å². The van der Waals surface area contributed by atoms with Crippen molar-refractivity contribution in [3.05, 3.63) is 83.3 Å². The van der Waals surface area contributed by atoms with Crippen LogP contribution in [0.3, 0.4) is 0 Å². The zero-order valence-electron chi connectivity index (χ0n) is 20.4. The number of aliphatic hydroxyl groups is 1. The van der Waals surface area contributed by atoms with Crippen LogP contribution in [0.5, 0.6) is 0 Å². The molecule has 0 fully saturated rings. The Balaban J connectivity index is 2.26. The summed E-state index contributed by atoms with van der Waals surface area (Å²) in [7, 11) is 1.43. The van der Waals surface area contributed by atoms with Crippen molar-refractivity contribution in [3.63, 3.8) is 0 Å². The second-order valence-corrected chi connectivity index (χ2v) is 9.31. The van der Waals surface area contributed by atoms with Gasteiger partial charge in [-0.2, -0.15) is 0 Å². The molecule has 0 spiro atoms. The predicted octanol–water partition coefficient (Wildman–Crippen LogP) is 3.43. The fourth-order valence-corrected chi connectivity index (χ4v) is 4.31. The van der Waals surface area contributed by atoms with Crippen LogP contribution < -0.4 is 11.5 Å². The highest BCUT2D eigenvalue weighted by Gasteiger charge is 2.54. The highest BCUT2D eigenvalue weighted by molar-refractivity contribution is 5.78. The maximum atomic E-state index is 13.0. The van der Waals surface area contributed by atoms with Crippen molar-refractivity contribution in [1.82, 2.24) is 19.8 Å². The number of hydrogen-bond donors (Lipinski definition) is 3. The zero-order valence-corrected chi connectivity index (χ0v) is 20.4. The highest BCUT2D eigenvalue weighted by Crippen LogP contribution is 2.45. The van der Waals surface area contributed by atoms with Gasteiger partial charge in [-0.15, -0.1) is 0 Å². The number of amides is 4. The van der Waals surface area contributed by atoms with Gasteiger partial charge in [-0.25, -0.2) is 9.59 Å². The van der Waals surface area contributed by atoms with Crippen LogP contribution in [0.25, 0.3) is 0 Å². The molecule has 186 valence electrons. The van der Waals surface area contributed by atoms with E-state index in [1.54, 1.807) is 54.9 Å². The maximum absolute atomic E-state index is 13.0. The van der Waals surface area contributed by atoms with Gasteiger partial charge in [-0.1, -0.05) is 32.9 Å². The van der Waals surface area contributed by atoms with E-state index < -0.39 is 23.1 Å². The number of allylic oxidation sites excluding steroid dienone is 2. The number of methoxy groups -OCH3 is 1. The molecule has 1 aliphatic carbocycles. The number of nitrogens with zero attached hydrogens (tertiary/aromatic N) is 4. The average Bonchev–Trinajstić information content (AvgIpc) is 2.81. The molecule has 0 unspecified atom stereocenters. The van der Waals surface area contributed by atoms with Gasteiger partial charge in [-0.3, -0.25) is 19.8 Å². The molecule has 2 heterocycles. The predicted molar refractivity (Wildman–Crippen MR) is 130 cm³/mol. The van der Waals surface area contributed by atoms with E-state index in [-0.39, 0.29) is 31.0 Å². The van der Waals surface area contributed by atoms with E-state index in [1.165, 1.54) is 16.9 Å². The largest absolute Gasteiger partial charge is 0.512 e. The summed E-state index contributed by atoms with van der Waals surface area (Å²) in [5.74, 6) is 0.211. The lowest BCUT2D eigenvalue weighted by Crippen LogP contribution is -2.67. The number of aromatic nitrogens is 2. The monoisotopic (exact) mass is 480 g/mol. The average molecular weight is 481 g/mol. The summed E-state index contributed by atoms with van der Waals surface area (Å²) >= 11 is 0. The molecule has 0 radical (unpaired) electrons. The van der Waals surface area contributed by atoms with Crippen molar-refractivity contribution < 1.29 is 19.4 Å². The Kier molecular flexibility index (Phi) is 7.33. The number of aliphatic hydroxyl groups excluding tert-OH is 1. The summed E-state index contributed by atoms with van der Waals surface area (Å²) in [4.78, 5) is 37.1. The zero-order chi connectivity index (χ0) is 25.8. The van der Waals surface area contributed by atoms with Crippen LogP contribution in [0.4, 0.5) is 9.59 Å². The maximum Gasteiger partial charge on any atom is 0.317 e. The normalized spacial score (nSPS) is 15.3. The first-order valence-corrected chi connectivity index (χ1v) is 11.1. The van der Waals surface area contributed by atoms with Crippen molar-refractivity contribution in [2.45, 2.75) is 45.9 Å². The molecule has 5 N–H and O–H groups in total. The van der Waals surface area contributed by atoms with Crippen molar-refractivity contribution in [3.8, 4) is 0 Å². The number of nitrogens with two attached hydrogens (primary N) is 2.